The van der Waals surface area contributed by atoms with Crippen molar-refractivity contribution in [2.24, 2.45) is 0 Å². The lowest BCUT2D eigenvalue weighted by molar-refractivity contribution is 0.0786. The standard InChI is InChI=1S/C17H28N4O/c1-3-4-13-21(2)17(22)15-11-12-16(20-19-15)18-14-9-7-5-6-8-10-14/h11-12,14H,3-10,13H2,1-2H3,(H,18,20). The molecule has 0 bridgehead atoms. The first-order chi connectivity index (χ1) is 10.7. The molecule has 1 aromatic rings. The van der Waals surface area contributed by atoms with Gasteiger partial charge in [-0.2, -0.15) is 0 Å². The minimum Gasteiger partial charge on any atom is -0.366 e. The summed E-state index contributed by atoms with van der Waals surface area (Å²) in [6, 6.07) is 4.14. The van der Waals surface area contributed by atoms with Crippen LogP contribution in [0.1, 0.15) is 68.8 Å². The summed E-state index contributed by atoms with van der Waals surface area (Å²) in [5.41, 5.74) is 0.421. The van der Waals surface area contributed by atoms with E-state index in [9.17, 15) is 4.79 Å². The van der Waals surface area contributed by atoms with E-state index in [1.165, 1.54) is 38.5 Å². The van der Waals surface area contributed by atoms with Crippen LogP contribution in [0, 0.1) is 0 Å². The van der Waals surface area contributed by atoms with Crippen LogP contribution in [0.15, 0.2) is 12.1 Å². The molecule has 0 atom stereocenters. The van der Waals surface area contributed by atoms with Gasteiger partial charge in [0.15, 0.2) is 5.69 Å². The minimum atomic E-state index is -0.0537. The summed E-state index contributed by atoms with van der Waals surface area (Å²) in [4.78, 5) is 13.9. The molecule has 5 nitrogen and oxygen atoms in total. The van der Waals surface area contributed by atoms with E-state index in [4.69, 9.17) is 0 Å². The maximum absolute atomic E-state index is 12.2. The number of nitrogens with zero attached hydrogens (tertiary/aromatic N) is 3. The fourth-order valence-electron chi connectivity index (χ4n) is 2.85. The van der Waals surface area contributed by atoms with Gasteiger partial charge in [-0.05, 0) is 31.4 Å². The molecule has 0 aromatic carbocycles. The fourth-order valence-corrected chi connectivity index (χ4v) is 2.85. The van der Waals surface area contributed by atoms with E-state index >= 15 is 0 Å². The van der Waals surface area contributed by atoms with Gasteiger partial charge in [-0.3, -0.25) is 4.79 Å². The molecule has 2 rings (SSSR count). The van der Waals surface area contributed by atoms with Crippen LogP contribution in [-0.4, -0.2) is 40.6 Å². The predicted molar refractivity (Wildman–Crippen MR) is 89.0 cm³/mol. The third-order valence-electron chi connectivity index (χ3n) is 4.28. The average Bonchev–Trinajstić information content (AvgIpc) is 2.81. The third kappa shape index (κ3) is 4.97. The van der Waals surface area contributed by atoms with Crippen molar-refractivity contribution in [3.8, 4) is 0 Å². The molecule has 1 amide bonds. The zero-order valence-electron chi connectivity index (χ0n) is 13.8. The quantitative estimate of drug-likeness (QED) is 0.817. The summed E-state index contributed by atoms with van der Waals surface area (Å²) < 4.78 is 0. The molecule has 1 aliphatic rings. The average molecular weight is 304 g/mol. The lowest BCUT2D eigenvalue weighted by atomic mass is 10.1. The summed E-state index contributed by atoms with van der Waals surface area (Å²) in [5, 5.41) is 11.7. The zero-order chi connectivity index (χ0) is 15.8. The molecular formula is C17H28N4O. The number of anilines is 1. The number of nitrogens with one attached hydrogen (secondary N) is 1. The van der Waals surface area contributed by atoms with Gasteiger partial charge in [-0.15, -0.1) is 10.2 Å². The van der Waals surface area contributed by atoms with E-state index in [0.717, 1.165) is 25.2 Å². The van der Waals surface area contributed by atoms with E-state index in [2.05, 4.69) is 22.4 Å². The molecule has 1 fully saturated rings. The molecule has 0 spiro atoms. The third-order valence-corrected chi connectivity index (χ3v) is 4.28. The highest BCUT2D eigenvalue weighted by Crippen LogP contribution is 2.20. The molecule has 1 aromatic heterocycles. The van der Waals surface area contributed by atoms with Gasteiger partial charge >= 0.3 is 0 Å². The molecule has 1 heterocycles. The van der Waals surface area contributed by atoms with Crippen LogP contribution in [0.5, 0.6) is 0 Å². The molecular weight excluding hydrogens is 276 g/mol. The molecule has 1 aliphatic carbocycles. The van der Waals surface area contributed by atoms with Crippen LogP contribution in [0.2, 0.25) is 0 Å². The van der Waals surface area contributed by atoms with Crippen molar-refractivity contribution < 1.29 is 4.79 Å². The molecule has 0 unspecified atom stereocenters. The van der Waals surface area contributed by atoms with E-state index in [0.29, 0.717) is 11.7 Å². The van der Waals surface area contributed by atoms with Gasteiger partial charge in [0.05, 0.1) is 0 Å². The molecule has 5 heteroatoms. The molecule has 0 aliphatic heterocycles. The number of hydrogen-bond donors (Lipinski definition) is 1. The summed E-state index contributed by atoms with van der Waals surface area (Å²) in [6.45, 7) is 2.88. The Bertz CT molecular complexity index is 452. The smallest absolute Gasteiger partial charge is 0.274 e. The maximum atomic E-state index is 12.2. The highest BCUT2D eigenvalue weighted by molar-refractivity contribution is 5.92. The summed E-state index contributed by atoms with van der Waals surface area (Å²) in [7, 11) is 1.82. The van der Waals surface area contributed by atoms with E-state index in [1.807, 2.05) is 13.1 Å². The molecule has 122 valence electrons. The van der Waals surface area contributed by atoms with Crippen molar-refractivity contribution in [1.29, 1.82) is 0 Å². The Kier molecular flexibility index (Phi) is 6.62. The van der Waals surface area contributed by atoms with Crippen LogP contribution >= 0.6 is 0 Å². The number of amides is 1. The summed E-state index contributed by atoms with van der Waals surface area (Å²) in [6.07, 6.45) is 9.71. The number of unbranched alkanes of at least 4 members (excludes halogenated alkanes) is 1. The lowest BCUT2D eigenvalue weighted by Crippen LogP contribution is -2.28. The van der Waals surface area contributed by atoms with Gasteiger partial charge in [0.25, 0.3) is 5.91 Å². The Morgan fingerprint density at radius 1 is 1.23 bits per heavy atom. The molecule has 0 saturated heterocycles. The van der Waals surface area contributed by atoms with Crippen molar-refractivity contribution in [3.63, 3.8) is 0 Å². The topological polar surface area (TPSA) is 58.1 Å². The van der Waals surface area contributed by atoms with Gasteiger partial charge < -0.3 is 10.2 Å². The Balaban J connectivity index is 1.90. The Morgan fingerprint density at radius 3 is 2.55 bits per heavy atom. The Morgan fingerprint density at radius 2 is 1.95 bits per heavy atom. The van der Waals surface area contributed by atoms with Crippen molar-refractivity contribution in [2.45, 2.75) is 64.3 Å². The molecule has 22 heavy (non-hydrogen) atoms. The second kappa shape index (κ2) is 8.71. The van der Waals surface area contributed by atoms with Gasteiger partial charge in [-0.1, -0.05) is 39.0 Å². The predicted octanol–water partition coefficient (Wildman–Crippen LogP) is 3.48. The van der Waals surface area contributed by atoms with Crippen molar-refractivity contribution in [2.75, 3.05) is 18.9 Å². The number of hydrogen-bond acceptors (Lipinski definition) is 4. The summed E-state index contributed by atoms with van der Waals surface area (Å²) in [5.74, 6) is 0.724. The number of aromatic nitrogens is 2. The zero-order valence-corrected chi connectivity index (χ0v) is 13.8. The van der Waals surface area contributed by atoms with Gasteiger partial charge in [0.2, 0.25) is 0 Å². The van der Waals surface area contributed by atoms with Crippen LogP contribution < -0.4 is 5.32 Å². The van der Waals surface area contributed by atoms with Gasteiger partial charge in [0, 0.05) is 19.6 Å². The normalized spacial score (nSPS) is 16.1. The first-order valence-corrected chi connectivity index (χ1v) is 8.56. The largest absolute Gasteiger partial charge is 0.366 e. The summed E-state index contributed by atoms with van der Waals surface area (Å²) >= 11 is 0. The Hall–Kier alpha value is -1.65. The molecule has 1 saturated carbocycles. The van der Waals surface area contributed by atoms with Crippen LogP contribution in [0.3, 0.4) is 0 Å². The second-order valence-electron chi connectivity index (χ2n) is 6.22. The van der Waals surface area contributed by atoms with Gasteiger partial charge in [0.1, 0.15) is 5.82 Å². The van der Waals surface area contributed by atoms with E-state index < -0.39 is 0 Å². The van der Waals surface area contributed by atoms with Crippen molar-refractivity contribution >= 4 is 11.7 Å². The van der Waals surface area contributed by atoms with E-state index in [1.54, 1.807) is 11.0 Å². The van der Waals surface area contributed by atoms with Gasteiger partial charge in [-0.25, -0.2) is 0 Å². The second-order valence-corrected chi connectivity index (χ2v) is 6.22. The molecule has 1 N–H and O–H groups in total. The monoisotopic (exact) mass is 304 g/mol. The fraction of sp³-hybridized carbons (Fsp3) is 0.706. The minimum absolute atomic E-state index is 0.0537. The van der Waals surface area contributed by atoms with Crippen molar-refractivity contribution in [3.05, 3.63) is 17.8 Å². The number of rotatable bonds is 6. The Labute approximate surface area is 133 Å². The molecule has 0 radical (unpaired) electrons. The highest BCUT2D eigenvalue weighted by Gasteiger charge is 2.15. The number of carbonyl (C=O) groups excluding carboxylic acids is 1. The lowest BCUT2D eigenvalue weighted by Gasteiger charge is -2.17. The number of carbonyl (C=O) groups is 1. The van der Waals surface area contributed by atoms with Crippen LogP contribution in [0.25, 0.3) is 0 Å². The van der Waals surface area contributed by atoms with Crippen LogP contribution in [-0.2, 0) is 0 Å². The SMILES string of the molecule is CCCCN(C)C(=O)c1ccc(NC2CCCCCC2)nn1. The van der Waals surface area contributed by atoms with Crippen LogP contribution in [0.4, 0.5) is 5.82 Å². The first-order valence-electron chi connectivity index (χ1n) is 8.56. The maximum Gasteiger partial charge on any atom is 0.274 e. The van der Waals surface area contributed by atoms with Crippen molar-refractivity contribution in [1.82, 2.24) is 15.1 Å². The highest BCUT2D eigenvalue weighted by atomic mass is 16.2. The first kappa shape index (κ1) is 16.7. The van der Waals surface area contributed by atoms with E-state index in [-0.39, 0.29) is 5.91 Å².